The molecule has 134 valence electrons. The molecule has 0 spiro atoms. The van der Waals surface area contributed by atoms with Crippen molar-refractivity contribution >= 4 is 40.0 Å². The summed E-state index contributed by atoms with van der Waals surface area (Å²) in [5.41, 5.74) is 2.13. The summed E-state index contributed by atoms with van der Waals surface area (Å²) in [5, 5.41) is 3.57. The molecule has 0 saturated heterocycles. The molecule has 0 aliphatic heterocycles. The molecule has 25 heavy (non-hydrogen) atoms. The van der Waals surface area contributed by atoms with Gasteiger partial charge in [0.15, 0.2) is 0 Å². The third kappa shape index (κ3) is 6.55. The van der Waals surface area contributed by atoms with Gasteiger partial charge in [-0.05, 0) is 43.2 Å². The molecule has 1 N–H and O–H groups in total. The molecular formula is C19H23NO3S2. The summed E-state index contributed by atoms with van der Waals surface area (Å²) in [6.07, 6.45) is 1.31. The average Bonchev–Trinajstić information content (AvgIpc) is 2.96. The van der Waals surface area contributed by atoms with E-state index in [4.69, 9.17) is 4.74 Å². The predicted molar refractivity (Wildman–Crippen MR) is 105 cm³/mol. The summed E-state index contributed by atoms with van der Waals surface area (Å²) in [6.45, 7) is 3.97. The first-order valence-electron chi connectivity index (χ1n) is 8.29. The van der Waals surface area contributed by atoms with Gasteiger partial charge in [0.05, 0.1) is 11.6 Å². The topological polar surface area (TPSA) is 55.4 Å². The Morgan fingerprint density at radius 1 is 1.24 bits per heavy atom. The quantitative estimate of drug-likeness (QED) is 0.499. The van der Waals surface area contributed by atoms with Crippen molar-refractivity contribution < 1.29 is 14.3 Å². The normalized spacial score (nSPS) is 10.5. The third-order valence-electron chi connectivity index (χ3n) is 3.45. The van der Waals surface area contributed by atoms with Crippen LogP contribution in [0, 0.1) is 6.92 Å². The van der Waals surface area contributed by atoms with Crippen LogP contribution in [0.4, 0.5) is 5.00 Å². The largest absolute Gasteiger partial charge is 0.462 e. The van der Waals surface area contributed by atoms with E-state index in [1.54, 1.807) is 6.92 Å². The molecule has 0 saturated carbocycles. The van der Waals surface area contributed by atoms with Gasteiger partial charge in [0.25, 0.3) is 0 Å². The molecule has 1 heterocycles. The summed E-state index contributed by atoms with van der Waals surface area (Å²) in [5.74, 6) is 1.56. The molecule has 2 rings (SSSR count). The van der Waals surface area contributed by atoms with Gasteiger partial charge in [-0.25, -0.2) is 4.79 Å². The second-order valence-corrected chi connectivity index (χ2v) is 7.69. The van der Waals surface area contributed by atoms with Crippen molar-refractivity contribution in [2.75, 3.05) is 17.7 Å². The smallest absolute Gasteiger partial charge is 0.348 e. The lowest BCUT2D eigenvalue weighted by atomic mass is 10.2. The van der Waals surface area contributed by atoms with Crippen molar-refractivity contribution in [2.45, 2.75) is 32.4 Å². The average molecular weight is 378 g/mol. The first-order chi connectivity index (χ1) is 12.1. The predicted octanol–water partition coefficient (Wildman–Crippen LogP) is 4.89. The van der Waals surface area contributed by atoms with Gasteiger partial charge in [0.1, 0.15) is 4.88 Å². The van der Waals surface area contributed by atoms with Crippen molar-refractivity contribution in [3.05, 3.63) is 52.4 Å². The number of ether oxygens (including phenoxy) is 1. The molecule has 0 aliphatic carbocycles. The van der Waals surface area contributed by atoms with Gasteiger partial charge in [-0.2, -0.15) is 11.8 Å². The number of anilines is 1. The van der Waals surface area contributed by atoms with E-state index in [9.17, 15) is 9.59 Å². The van der Waals surface area contributed by atoms with Crippen LogP contribution in [-0.4, -0.2) is 24.2 Å². The fraction of sp³-hybridized carbons (Fsp3) is 0.368. The lowest BCUT2D eigenvalue weighted by Crippen LogP contribution is -2.10. The highest BCUT2D eigenvalue weighted by molar-refractivity contribution is 7.98. The summed E-state index contributed by atoms with van der Waals surface area (Å²) in [7, 11) is 0. The number of carbonyl (C=O) groups excluding carboxylic acids is 2. The highest BCUT2D eigenvalue weighted by atomic mass is 32.2. The molecule has 1 aromatic carbocycles. The Labute approximate surface area is 157 Å². The van der Waals surface area contributed by atoms with Gasteiger partial charge in [-0.3, -0.25) is 4.79 Å². The van der Waals surface area contributed by atoms with Crippen molar-refractivity contribution in [3.8, 4) is 0 Å². The van der Waals surface area contributed by atoms with E-state index in [-0.39, 0.29) is 11.9 Å². The monoisotopic (exact) mass is 377 g/mol. The van der Waals surface area contributed by atoms with E-state index in [1.807, 2.05) is 43.0 Å². The minimum atomic E-state index is -0.331. The van der Waals surface area contributed by atoms with Crippen molar-refractivity contribution in [1.82, 2.24) is 0 Å². The Balaban J connectivity index is 1.70. The van der Waals surface area contributed by atoms with Crippen LogP contribution in [0.2, 0.25) is 0 Å². The SMILES string of the molecule is CCOC(=O)c1sc(NC(=O)CCCSCc2ccccc2)cc1C. The lowest BCUT2D eigenvalue weighted by molar-refractivity contribution is -0.116. The van der Waals surface area contributed by atoms with E-state index >= 15 is 0 Å². The van der Waals surface area contributed by atoms with Crippen LogP contribution >= 0.6 is 23.1 Å². The first kappa shape index (κ1) is 19.5. The van der Waals surface area contributed by atoms with Crippen LogP contribution in [0.15, 0.2) is 36.4 Å². The first-order valence-corrected chi connectivity index (χ1v) is 10.3. The molecule has 6 heteroatoms. The van der Waals surface area contributed by atoms with Gasteiger partial charge >= 0.3 is 5.97 Å². The van der Waals surface area contributed by atoms with Gasteiger partial charge in [0.2, 0.25) is 5.91 Å². The summed E-state index contributed by atoms with van der Waals surface area (Å²) < 4.78 is 5.01. The Bertz CT molecular complexity index is 698. The van der Waals surface area contributed by atoms with Gasteiger partial charge < -0.3 is 10.1 Å². The second-order valence-electron chi connectivity index (χ2n) is 5.53. The van der Waals surface area contributed by atoms with Gasteiger partial charge in [-0.15, -0.1) is 11.3 Å². The molecule has 0 unspecified atom stereocenters. The molecule has 4 nitrogen and oxygen atoms in total. The Morgan fingerprint density at radius 2 is 2.00 bits per heavy atom. The number of carbonyl (C=O) groups is 2. The van der Waals surface area contributed by atoms with Gasteiger partial charge in [-0.1, -0.05) is 30.3 Å². The fourth-order valence-corrected chi connectivity index (χ4v) is 4.15. The van der Waals surface area contributed by atoms with Crippen LogP contribution in [0.3, 0.4) is 0 Å². The molecule has 0 bridgehead atoms. The molecule has 0 radical (unpaired) electrons. The lowest BCUT2D eigenvalue weighted by Gasteiger charge is -2.03. The molecule has 2 aromatic rings. The molecule has 0 fully saturated rings. The minimum Gasteiger partial charge on any atom is -0.462 e. The highest BCUT2D eigenvalue weighted by Gasteiger charge is 2.15. The summed E-state index contributed by atoms with van der Waals surface area (Å²) in [4.78, 5) is 24.4. The summed E-state index contributed by atoms with van der Waals surface area (Å²) in [6, 6.07) is 12.1. The van der Waals surface area contributed by atoms with E-state index in [0.717, 1.165) is 23.5 Å². The fourth-order valence-electron chi connectivity index (χ4n) is 2.24. The van der Waals surface area contributed by atoms with E-state index in [0.29, 0.717) is 22.9 Å². The summed E-state index contributed by atoms with van der Waals surface area (Å²) >= 11 is 3.10. The minimum absolute atomic E-state index is 0.0167. The maximum Gasteiger partial charge on any atom is 0.348 e. The number of rotatable bonds is 9. The number of aryl methyl sites for hydroxylation is 1. The van der Waals surface area contributed by atoms with Crippen molar-refractivity contribution in [1.29, 1.82) is 0 Å². The molecular weight excluding hydrogens is 354 g/mol. The Kier molecular flexibility index (Phi) is 8.01. The van der Waals surface area contributed by atoms with Crippen LogP contribution in [0.5, 0.6) is 0 Å². The molecule has 0 aliphatic rings. The van der Waals surface area contributed by atoms with Crippen LogP contribution in [0.1, 0.15) is 40.6 Å². The number of thiophene rings is 1. The number of hydrogen-bond donors (Lipinski definition) is 1. The number of hydrogen-bond acceptors (Lipinski definition) is 5. The van der Waals surface area contributed by atoms with E-state index < -0.39 is 0 Å². The Hall–Kier alpha value is -1.79. The number of thioether (sulfide) groups is 1. The van der Waals surface area contributed by atoms with Crippen molar-refractivity contribution in [2.24, 2.45) is 0 Å². The van der Waals surface area contributed by atoms with Crippen molar-refractivity contribution in [3.63, 3.8) is 0 Å². The van der Waals surface area contributed by atoms with Gasteiger partial charge in [0, 0.05) is 12.2 Å². The zero-order valence-electron chi connectivity index (χ0n) is 14.5. The zero-order valence-corrected chi connectivity index (χ0v) is 16.2. The second kappa shape index (κ2) is 10.3. The number of esters is 1. The molecule has 1 amide bonds. The van der Waals surface area contributed by atoms with Crippen LogP contribution in [0.25, 0.3) is 0 Å². The number of benzene rings is 1. The van der Waals surface area contributed by atoms with E-state index in [1.165, 1.54) is 16.9 Å². The molecule has 0 atom stereocenters. The maximum atomic E-state index is 12.0. The number of nitrogens with one attached hydrogen (secondary N) is 1. The van der Waals surface area contributed by atoms with Crippen LogP contribution < -0.4 is 5.32 Å². The zero-order chi connectivity index (χ0) is 18.1. The van der Waals surface area contributed by atoms with Crippen LogP contribution in [-0.2, 0) is 15.3 Å². The Morgan fingerprint density at radius 3 is 2.72 bits per heavy atom. The third-order valence-corrected chi connectivity index (χ3v) is 5.69. The number of amides is 1. The highest BCUT2D eigenvalue weighted by Crippen LogP contribution is 2.27. The van der Waals surface area contributed by atoms with E-state index in [2.05, 4.69) is 17.4 Å². The molecule has 1 aromatic heterocycles. The standard InChI is InChI=1S/C19H23NO3S2/c1-3-23-19(22)18-14(2)12-17(25-18)20-16(21)10-7-11-24-13-15-8-5-4-6-9-15/h4-6,8-9,12H,3,7,10-11,13H2,1-2H3,(H,20,21). The maximum absolute atomic E-state index is 12.0.